The molecule has 9 nitrogen and oxygen atoms in total. The fraction of sp³-hybridized carbons (Fsp3) is 0.231. The second kappa shape index (κ2) is 12.5. The zero-order valence-corrected chi connectivity index (χ0v) is 22.7. The number of hydrogen-bond donors (Lipinski definition) is 3. The number of benzene rings is 3. The first-order valence-corrected chi connectivity index (χ1v) is 14.5. The highest BCUT2D eigenvalue weighted by Crippen LogP contribution is 2.29. The van der Waals surface area contributed by atoms with Gasteiger partial charge in [-0.15, -0.1) is 11.8 Å². The topological polar surface area (TPSA) is 123 Å². The van der Waals surface area contributed by atoms with E-state index in [0.717, 1.165) is 17.3 Å². The number of halogens is 1. The van der Waals surface area contributed by atoms with Gasteiger partial charge in [0.2, 0.25) is 11.8 Å². The number of sulfone groups is 1. The number of carbonyl (C=O) groups excluding carboxylic acids is 2. The Bertz CT molecular complexity index is 1390. The Kier molecular flexibility index (Phi) is 9.16. The monoisotopic (exact) mass is 575 g/mol. The van der Waals surface area contributed by atoms with Crippen molar-refractivity contribution in [2.24, 2.45) is 0 Å². The van der Waals surface area contributed by atoms with Crippen LogP contribution in [0, 0.1) is 0 Å². The lowest BCUT2D eigenvalue weighted by molar-refractivity contribution is -0.122. The van der Waals surface area contributed by atoms with Crippen molar-refractivity contribution in [1.29, 1.82) is 0 Å². The molecule has 0 aliphatic carbocycles. The first-order valence-electron chi connectivity index (χ1n) is 11.6. The third-order valence-electron chi connectivity index (χ3n) is 5.65. The van der Waals surface area contributed by atoms with Crippen LogP contribution < -0.4 is 25.4 Å². The van der Waals surface area contributed by atoms with Gasteiger partial charge in [0.15, 0.2) is 15.1 Å². The first kappa shape index (κ1) is 27.8. The number of ether oxygens (including phenoxy) is 2. The molecule has 1 fully saturated rings. The van der Waals surface area contributed by atoms with Crippen molar-refractivity contribution in [3.8, 4) is 11.5 Å². The summed E-state index contributed by atoms with van der Waals surface area (Å²) in [5.74, 6) is 0.123. The van der Waals surface area contributed by atoms with Gasteiger partial charge in [0, 0.05) is 12.2 Å². The molecular formula is C26H26ClN3O6S2. The van der Waals surface area contributed by atoms with E-state index in [9.17, 15) is 18.0 Å². The Morgan fingerprint density at radius 3 is 2.50 bits per heavy atom. The van der Waals surface area contributed by atoms with E-state index in [1.54, 1.807) is 24.3 Å². The van der Waals surface area contributed by atoms with Crippen molar-refractivity contribution < 1.29 is 27.5 Å². The molecule has 12 heteroatoms. The molecule has 1 heterocycles. The first-order chi connectivity index (χ1) is 18.3. The molecule has 38 heavy (non-hydrogen) atoms. The normalized spacial score (nSPS) is 17.4. The van der Waals surface area contributed by atoms with Crippen LogP contribution in [0.3, 0.4) is 0 Å². The Morgan fingerprint density at radius 2 is 1.84 bits per heavy atom. The molecule has 1 aliphatic rings. The van der Waals surface area contributed by atoms with Crippen LogP contribution in [-0.2, 0) is 26.0 Å². The van der Waals surface area contributed by atoms with Crippen LogP contribution in [-0.4, -0.2) is 50.4 Å². The molecule has 200 valence electrons. The summed E-state index contributed by atoms with van der Waals surface area (Å²) in [5.41, 5.74) is 1.04. The lowest BCUT2D eigenvalue weighted by atomic mass is 10.2. The summed E-state index contributed by atoms with van der Waals surface area (Å²) < 4.78 is 36.8. The minimum absolute atomic E-state index is 0.0374. The van der Waals surface area contributed by atoms with E-state index in [1.165, 1.54) is 25.3 Å². The fourth-order valence-corrected chi connectivity index (χ4v) is 6.31. The molecule has 0 saturated carbocycles. The largest absolute Gasteiger partial charge is 0.495 e. The number of nitrogens with one attached hydrogen (secondary N) is 3. The van der Waals surface area contributed by atoms with Crippen LogP contribution in [0.15, 0.2) is 77.7 Å². The van der Waals surface area contributed by atoms with Gasteiger partial charge in [0.1, 0.15) is 23.6 Å². The highest BCUT2D eigenvalue weighted by atomic mass is 35.5. The minimum atomic E-state index is -3.99. The second-order valence-corrected chi connectivity index (χ2v) is 11.9. The van der Waals surface area contributed by atoms with Crippen LogP contribution >= 0.6 is 23.4 Å². The lowest BCUT2D eigenvalue weighted by Gasteiger charge is -2.29. The van der Waals surface area contributed by atoms with Gasteiger partial charge < -0.3 is 20.1 Å². The zero-order valence-electron chi connectivity index (χ0n) is 20.3. The number of anilines is 1. The lowest BCUT2D eigenvalue weighted by Crippen LogP contribution is -2.59. The summed E-state index contributed by atoms with van der Waals surface area (Å²) >= 11 is 7.20. The molecule has 2 unspecified atom stereocenters. The third kappa shape index (κ3) is 6.98. The maximum atomic E-state index is 13.0. The van der Waals surface area contributed by atoms with Gasteiger partial charge in [-0.2, -0.15) is 0 Å². The molecule has 3 N–H and O–H groups in total. The molecule has 0 bridgehead atoms. The molecule has 1 aliphatic heterocycles. The Hall–Kier alpha value is -3.25. The van der Waals surface area contributed by atoms with Crippen molar-refractivity contribution >= 4 is 50.7 Å². The molecule has 0 spiro atoms. The SMILES string of the molecule is COc1ccc(S(=O)(=O)C2CNC(SCC(=O)Nc3ccc(OCc4ccccc4)cc3)NC2=O)cc1Cl. The number of thioether (sulfide) groups is 1. The van der Waals surface area contributed by atoms with Crippen molar-refractivity contribution in [1.82, 2.24) is 10.6 Å². The highest BCUT2D eigenvalue weighted by Gasteiger charge is 2.39. The number of carbonyl (C=O) groups is 2. The fourth-order valence-electron chi connectivity index (χ4n) is 3.65. The summed E-state index contributed by atoms with van der Waals surface area (Å²) in [5, 5.41) is 7.16. The van der Waals surface area contributed by atoms with E-state index < -0.39 is 26.5 Å². The summed E-state index contributed by atoms with van der Waals surface area (Å²) in [6.45, 7) is 0.334. The van der Waals surface area contributed by atoms with Crippen molar-refractivity contribution in [3.05, 3.63) is 83.4 Å². The summed E-state index contributed by atoms with van der Waals surface area (Å²) in [4.78, 5) is 25.0. The summed E-state index contributed by atoms with van der Waals surface area (Å²) in [7, 11) is -2.57. The number of rotatable bonds is 10. The van der Waals surface area contributed by atoms with E-state index in [2.05, 4.69) is 16.0 Å². The van der Waals surface area contributed by atoms with Gasteiger partial charge in [0.25, 0.3) is 0 Å². The molecule has 2 atom stereocenters. The summed E-state index contributed by atoms with van der Waals surface area (Å²) in [6, 6.07) is 20.9. The maximum absolute atomic E-state index is 13.0. The molecule has 2 amide bonds. The van der Waals surface area contributed by atoms with Crippen LogP contribution in [0.1, 0.15) is 5.56 Å². The van der Waals surface area contributed by atoms with Crippen LogP contribution in [0.4, 0.5) is 5.69 Å². The Morgan fingerprint density at radius 1 is 1.11 bits per heavy atom. The van der Waals surface area contributed by atoms with Crippen LogP contribution in [0.5, 0.6) is 11.5 Å². The van der Waals surface area contributed by atoms with E-state index in [4.69, 9.17) is 21.1 Å². The number of methoxy groups -OCH3 is 1. The van der Waals surface area contributed by atoms with Crippen molar-refractivity contribution in [3.63, 3.8) is 0 Å². The average Bonchev–Trinajstić information content (AvgIpc) is 2.92. The predicted molar refractivity (Wildman–Crippen MR) is 147 cm³/mol. The maximum Gasteiger partial charge on any atom is 0.241 e. The highest BCUT2D eigenvalue weighted by molar-refractivity contribution is 8.00. The zero-order chi connectivity index (χ0) is 27.1. The number of amides is 2. The standard InChI is InChI=1S/C26H26ClN3O6S2/c1-35-22-12-11-20(13-21(22)27)38(33,34)23-14-28-26(30-25(23)32)37-16-24(31)29-18-7-9-19(10-8-18)36-15-17-5-3-2-4-6-17/h2-13,23,26,28H,14-16H2,1H3,(H,29,31)(H,30,32). The van der Waals surface area contributed by atoms with E-state index in [0.29, 0.717) is 23.8 Å². The van der Waals surface area contributed by atoms with Gasteiger partial charge in [-0.05, 0) is 48.0 Å². The van der Waals surface area contributed by atoms with Crippen molar-refractivity contribution in [2.45, 2.75) is 22.3 Å². The molecular weight excluding hydrogens is 550 g/mol. The van der Waals surface area contributed by atoms with Crippen LogP contribution in [0.2, 0.25) is 5.02 Å². The van der Waals surface area contributed by atoms with Gasteiger partial charge in [-0.1, -0.05) is 41.9 Å². The quantitative estimate of drug-likeness (QED) is 0.336. The van der Waals surface area contributed by atoms with E-state index in [-0.39, 0.29) is 28.1 Å². The molecule has 0 radical (unpaired) electrons. The predicted octanol–water partition coefficient (Wildman–Crippen LogP) is 3.44. The van der Waals surface area contributed by atoms with Gasteiger partial charge in [-0.3, -0.25) is 14.9 Å². The number of hydrogen-bond acceptors (Lipinski definition) is 8. The Labute approximate surface area is 230 Å². The smallest absolute Gasteiger partial charge is 0.241 e. The van der Waals surface area contributed by atoms with Crippen LogP contribution in [0.25, 0.3) is 0 Å². The molecule has 0 aromatic heterocycles. The van der Waals surface area contributed by atoms with Crippen molar-refractivity contribution in [2.75, 3.05) is 24.7 Å². The van der Waals surface area contributed by atoms with Gasteiger partial charge in [0.05, 0.1) is 22.8 Å². The second-order valence-electron chi connectivity index (χ2n) is 8.28. The molecule has 1 saturated heterocycles. The minimum Gasteiger partial charge on any atom is -0.495 e. The van der Waals surface area contributed by atoms with Gasteiger partial charge >= 0.3 is 0 Å². The molecule has 3 aromatic carbocycles. The van der Waals surface area contributed by atoms with E-state index >= 15 is 0 Å². The molecule has 4 rings (SSSR count). The average molecular weight is 576 g/mol. The molecule has 3 aromatic rings. The third-order valence-corrected chi connectivity index (χ3v) is 9.03. The van der Waals surface area contributed by atoms with E-state index in [1.807, 2.05) is 30.3 Å². The van der Waals surface area contributed by atoms with Gasteiger partial charge in [-0.25, -0.2) is 8.42 Å². The summed E-state index contributed by atoms with van der Waals surface area (Å²) in [6.07, 6.45) is 0. The Balaban J connectivity index is 1.24.